The first-order valence-corrected chi connectivity index (χ1v) is 6.74. The first-order valence-electron chi connectivity index (χ1n) is 6.74. The molecule has 1 aromatic carbocycles. The fourth-order valence-electron chi connectivity index (χ4n) is 2.30. The van der Waals surface area contributed by atoms with E-state index < -0.39 is 5.41 Å². The van der Waals surface area contributed by atoms with Crippen LogP contribution in [-0.2, 0) is 10.2 Å². The van der Waals surface area contributed by atoms with Crippen molar-refractivity contribution >= 4 is 5.91 Å². The van der Waals surface area contributed by atoms with Gasteiger partial charge in [-0.1, -0.05) is 19.1 Å². The van der Waals surface area contributed by atoms with Crippen molar-refractivity contribution < 1.29 is 14.3 Å². The number of hydrogen-bond acceptors (Lipinski definition) is 2. The van der Waals surface area contributed by atoms with Crippen molar-refractivity contribution in [1.82, 2.24) is 5.32 Å². The minimum Gasteiger partial charge on any atom is -0.396 e. The van der Waals surface area contributed by atoms with Gasteiger partial charge in [0.25, 0.3) is 0 Å². The van der Waals surface area contributed by atoms with Crippen molar-refractivity contribution in [3.63, 3.8) is 0 Å². The van der Waals surface area contributed by atoms with Crippen molar-refractivity contribution in [3.8, 4) is 0 Å². The first kappa shape index (κ1) is 14.0. The second-order valence-corrected chi connectivity index (χ2v) is 5.42. The normalized spacial score (nSPS) is 17.8. The van der Waals surface area contributed by atoms with E-state index in [4.69, 9.17) is 5.11 Å². The van der Waals surface area contributed by atoms with Crippen LogP contribution in [0.15, 0.2) is 24.3 Å². The Morgan fingerprint density at radius 3 is 2.58 bits per heavy atom. The number of rotatable bonds is 6. The lowest BCUT2D eigenvalue weighted by molar-refractivity contribution is -0.123. The molecule has 19 heavy (non-hydrogen) atoms. The average Bonchev–Trinajstić information content (AvgIpc) is 3.19. The van der Waals surface area contributed by atoms with E-state index in [0.29, 0.717) is 13.0 Å². The molecule has 1 aromatic rings. The van der Waals surface area contributed by atoms with Crippen molar-refractivity contribution in [2.45, 2.75) is 31.6 Å². The number of carbonyl (C=O) groups is 1. The first-order chi connectivity index (χ1) is 9.08. The van der Waals surface area contributed by atoms with Crippen LogP contribution in [0.4, 0.5) is 4.39 Å². The lowest BCUT2D eigenvalue weighted by Crippen LogP contribution is -2.37. The number of nitrogens with one attached hydrogen (secondary N) is 1. The van der Waals surface area contributed by atoms with Crippen LogP contribution < -0.4 is 5.32 Å². The molecule has 104 valence electrons. The van der Waals surface area contributed by atoms with Crippen LogP contribution in [0, 0.1) is 11.7 Å². The number of amides is 1. The van der Waals surface area contributed by atoms with Crippen molar-refractivity contribution in [2.24, 2.45) is 5.92 Å². The molecule has 0 saturated heterocycles. The highest BCUT2D eigenvalue weighted by Crippen LogP contribution is 2.48. The molecule has 1 fully saturated rings. The van der Waals surface area contributed by atoms with Crippen molar-refractivity contribution in [2.75, 3.05) is 13.2 Å². The van der Waals surface area contributed by atoms with E-state index in [9.17, 15) is 9.18 Å². The highest BCUT2D eigenvalue weighted by atomic mass is 19.1. The van der Waals surface area contributed by atoms with Gasteiger partial charge in [0.15, 0.2) is 0 Å². The molecule has 4 heteroatoms. The van der Waals surface area contributed by atoms with E-state index in [1.807, 2.05) is 6.92 Å². The second kappa shape index (κ2) is 5.70. The van der Waals surface area contributed by atoms with Crippen LogP contribution in [-0.4, -0.2) is 24.2 Å². The third-order valence-electron chi connectivity index (χ3n) is 3.81. The van der Waals surface area contributed by atoms with Gasteiger partial charge >= 0.3 is 0 Å². The Bertz CT molecular complexity index is 440. The summed E-state index contributed by atoms with van der Waals surface area (Å²) in [5, 5.41) is 11.8. The zero-order chi connectivity index (χ0) is 13.9. The minimum absolute atomic E-state index is 0.0175. The van der Waals surface area contributed by atoms with E-state index in [1.54, 1.807) is 12.1 Å². The van der Waals surface area contributed by atoms with Gasteiger partial charge in [-0.2, -0.15) is 0 Å². The second-order valence-electron chi connectivity index (χ2n) is 5.42. The van der Waals surface area contributed by atoms with Gasteiger partial charge in [-0.25, -0.2) is 4.39 Å². The SMILES string of the molecule is CC(CCO)CNC(=O)C1(c2ccc(F)cc2)CC1. The molecule has 1 aliphatic rings. The van der Waals surface area contributed by atoms with Crippen LogP contribution in [0.25, 0.3) is 0 Å². The molecule has 0 bridgehead atoms. The molecule has 0 heterocycles. The Hall–Kier alpha value is -1.42. The fraction of sp³-hybridized carbons (Fsp3) is 0.533. The van der Waals surface area contributed by atoms with Crippen molar-refractivity contribution in [1.29, 1.82) is 0 Å². The van der Waals surface area contributed by atoms with Gasteiger partial charge in [0.2, 0.25) is 5.91 Å². The van der Waals surface area contributed by atoms with Crippen molar-refractivity contribution in [3.05, 3.63) is 35.6 Å². The summed E-state index contributed by atoms with van der Waals surface area (Å²) in [6, 6.07) is 6.19. The Kier molecular flexibility index (Phi) is 4.20. The summed E-state index contributed by atoms with van der Waals surface area (Å²) in [6.45, 7) is 2.70. The summed E-state index contributed by atoms with van der Waals surface area (Å²) in [5.74, 6) is -0.00149. The molecule has 0 aliphatic heterocycles. The fourth-order valence-corrected chi connectivity index (χ4v) is 2.30. The molecule has 1 aliphatic carbocycles. The molecule has 3 nitrogen and oxygen atoms in total. The Balaban J connectivity index is 1.96. The summed E-state index contributed by atoms with van der Waals surface area (Å²) in [7, 11) is 0. The molecule has 0 spiro atoms. The number of aliphatic hydroxyl groups is 1. The predicted molar refractivity (Wildman–Crippen MR) is 71.2 cm³/mol. The number of halogens is 1. The van der Waals surface area contributed by atoms with Gasteiger partial charge in [-0.3, -0.25) is 4.79 Å². The quantitative estimate of drug-likeness (QED) is 0.826. The van der Waals surface area contributed by atoms with E-state index in [1.165, 1.54) is 12.1 Å². The molecule has 2 N–H and O–H groups in total. The van der Waals surface area contributed by atoms with Gasteiger partial charge in [0.05, 0.1) is 5.41 Å². The smallest absolute Gasteiger partial charge is 0.230 e. The number of hydrogen-bond donors (Lipinski definition) is 2. The van der Waals surface area contributed by atoms with Crippen LogP contribution in [0.5, 0.6) is 0 Å². The van der Waals surface area contributed by atoms with Crippen LogP contribution in [0.2, 0.25) is 0 Å². The van der Waals surface area contributed by atoms with Crippen LogP contribution >= 0.6 is 0 Å². The summed E-state index contributed by atoms with van der Waals surface area (Å²) in [4.78, 5) is 12.3. The van der Waals surface area contributed by atoms with E-state index in [0.717, 1.165) is 18.4 Å². The predicted octanol–water partition coefficient (Wildman–Crippen LogP) is 1.99. The van der Waals surface area contributed by atoms with Crippen LogP contribution in [0.1, 0.15) is 31.7 Å². The molecule has 1 saturated carbocycles. The number of aliphatic hydroxyl groups excluding tert-OH is 1. The van der Waals surface area contributed by atoms with Gasteiger partial charge in [-0.15, -0.1) is 0 Å². The standard InChI is InChI=1S/C15H20FNO2/c1-11(6-9-18)10-17-14(19)15(7-8-15)12-2-4-13(16)5-3-12/h2-5,11,18H,6-10H2,1H3,(H,17,19). The minimum atomic E-state index is -0.452. The summed E-state index contributed by atoms with van der Waals surface area (Å²) in [6.07, 6.45) is 2.32. The third-order valence-corrected chi connectivity index (χ3v) is 3.81. The molecule has 1 unspecified atom stereocenters. The largest absolute Gasteiger partial charge is 0.396 e. The molecule has 0 aromatic heterocycles. The Morgan fingerprint density at radius 1 is 1.42 bits per heavy atom. The maximum absolute atomic E-state index is 12.9. The van der Waals surface area contributed by atoms with Gasteiger partial charge in [0, 0.05) is 13.2 Å². The number of carbonyl (C=O) groups excluding carboxylic acids is 1. The zero-order valence-corrected chi connectivity index (χ0v) is 11.2. The molecular weight excluding hydrogens is 245 g/mol. The lowest BCUT2D eigenvalue weighted by Gasteiger charge is -2.18. The lowest BCUT2D eigenvalue weighted by atomic mass is 9.94. The molecular formula is C15H20FNO2. The highest BCUT2D eigenvalue weighted by molar-refractivity contribution is 5.91. The van der Waals surface area contributed by atoms with Gasteiger partial charge < -0.3 is 10.4 Å². The Labute approximate surface area is 112 Å². The molecule has 0 radical (unpaired) electrons. The number of benzene rings is 1. The molecule has 2 rings (SSSR count). The maximum Gasteiger partial charge on any atom is 0.230 e. The summed E-state index contributed by atoms with van der Waals surface area (Å²) < 4.78 is 12.9. The van der Waals surface area contributed by atoms with E-state index in [-0.39, 0.29) is 24.2 Å². The summed E-state index contributed by atoms with van der Waals surface area (Å²) >= 11 is 0. The maximum atomic E-state index is 12.9. The van der Waals surface area contributed by atoms with Gasteiger partial charge in [0.1, 0.15) is 5.82 Å². The third kappa shape index (κ3) is 3.13. The van der Waals surface area contributed by atoms with E-state index >= 15 is 0 Å². The topological polar surface area (TPSA) is 49.3 Å². The van der Waals surface area contributed by atoms with Crippen LogP contribution in [0.3, 0.4) is 0 Å². The Morgan fingerprint density at radius 2 is 2.05 bits per heavy atom. The van der Waals surface area contributed by atoms with Gasteiger partial charge in [-0.05, 0) is 42.9 Å². The summed E-state index contributed by atoms with van der Waals surface area (Å²) in [5.41, 5.74) is 0.438. The molecule has 1 atom stereocenters. The molecule has 1 amide bonds. The monoisotopic (exact) mass is 265 g/mol. The highest BCUT2D eigenvalue weighted by Gasteiger charge is 2.51. The van der Waals surface area contributed by atoms with E-state index in [2.05, 4.69) is 5.32 Å². The average molecular weight is 265 g/mol. The zero-order valence-electron chi connectivity index (χ0n) is 11.2.